The van der Waals surface area contributed by atoms with Gasteiger partial charge >= 0.3 is 0 Å². The Bertz CT molecular complexity index is 349. The van der Waals surface area contributed by atoms with Crippen LogP contribution in [0.3, 0.4) is 0 Å². The first kappa shape index (κ1) is 12.3. The molecule has 0 spiro atoms. The van der Waals surface area contributed by atoms with E-state index < -0.39 is 0 Å². The molecule has 5 unspecified atom stereocenters. The van der Waals surface area contributed by atoms with Gasteiger partial charge in [-0.2, -0.15) is 0 Å². The second-order valence-electron chi connectivity index (χ2n) is 6.66. The molecule has 2 nitrogen and oxygen atoms in total. The topological polar surface area (TPSA) is 29.1 Å². The molecule has 2 heteroatoms. The van der Waals surface area contributed by atoms with Crippen LogP contribution in [-0.2, 0) is 4.79 Å². The van der Waals surface area contributed by atoms with Gasteiger partial charge in [0.05, 0.1) is 0 Å². The fourth-order valence-electron chi connectivity index (χ4n) is 4.43. The normalized spacial score (nSPS) is 39.2. The molecule has 100 valence electrons. The molecule has 0 aromatic rings. The largest absolute Gasteiger partial charge is 0.353 e. The van der Waals surface area contributed by atoms with Crippen LogP contribution in [0, 0.1) is 23.7 Å². The zero-order valence-electron chi connectivity index (χ0n) is 11.4. The molecule has 0 aliphatic heterocycles. The maximum atomic E-state index is 12.0. The van der Waals surface area contributed by atoms with Gasteiger partial charge in [-0.3, -0.25) is 4.79 Å². The number of rotatable bonds is 4. The zero-order valence-corrected chi connectivity index (χ0v) is 11.4. The van der Waals surface area contributed by atoms with Gasteiger partial charge in [-0.25, -0.2) is 0 Å². The number of amides is 1. The van der Waals surface area contributed by atoms with Crippen molar-refractivity contribution in [2.45, 2.75) is 57.9 Å². The maximum absolute atomic E-state index is 12.0. The Morgan fingerprint density at radius 2 is 2.22 bits per heavy atom. The first-order valence-corrected chi connectivity index (χ1v) is 7.68. The van der Waals surface area contributed by atoms with Gasteiger partial charge in [-0.05, 0) is 62.7 Å². The Morgan fingerprint density at radius 1 is 1.33 bits per heavy atom. The van der Waals surface area contributed by atoms with Crippen LogP contribution in [0.25, 0.3) is 0 Å². The lowest BCUT2D eigenvalue weighted by molar-refractivity contribution is -0.122. The molecule has 1 amide bonds. The lowest BCUT2D eigenvalue weighted by Crippen LogP contribution is -2.40. The Hall–Kier alpha value is -0.790. The smallest absolute Gasteiger partial charge is 0.220 e. The quantitative estimate of drug-likeness (QED) is 0.759. The summed E-state index contributed by atoms with van der Waals surface area (Å²) in [6.45, 7) is 2.22. The van der Waals surface area contributed by atoms with Crippen LogP contribution in [0.15, 0.2) is 12.2 Å². The highest BCUT2D eigenvalue weighted by molar-refractivity contribution is 5.76. The predicted molar refractivity (Wildman–Crippen MR) is 73.0 cm³/mol. The maximum Gasteiger partial charge on any atom is 0.220 e. The molecule has 3 aliphatic carbocycles. The molecule has 2 bridgehead atoms. The summed E-state index contributed by atoms with van der Waals surface area (Å²) < 4.78 is 0. The second-order valence-corrected chi connectivity index (χ2v) is 6.66. The average Bonchev–Trinajstić information content (AvgIpc) is 3.04. The highest BCUT2D eigenvalue weighted by Crippen LogP contribution is 2.49. The Balaban J connectivity index is 1.47. The van der Waals surface area contributed by atoms with Crippen LogP contribution < -0.4 is 5.32 Å². The van der Waals surface area contributed by atoms with E-state index >= 15 is 0 Å². The van der Waals surface area contributed by atoms with E-state index in [4.69, 9.17) is 0 Å². The first-order valence-electron chi connectivity index (χ1n) is 7.68. The van der Waals surface area contributed by atoms with E-state index in [0.29, 0.717) is 18.4 Å². The van der Waals surface area contributed by atoms with Gasteiger partial charge in [-0.1, -0.05) is 18.6 Å². The molecule has 5 atom stereocenters. The van der Waals surface area contributed by atoms with E-state index in [1.165, 1.54) is 25.7 Å². The van der Waals surface area contributed by atoms with Gasteiger partial charge in [0.15, 0.2) is 0 Å². The molecule has 18 heavy (non-hydrogen) atoms. The molecule has 0 radical (unpaired) electrons. The Morgan fingerprint density at radius 3 is 2.83 bits per heavy atom. The predicted octanol–water partition coefficient (Wildman–Crippen LogP) is 3.28. The second kappa shape index (κ2) is 5.07. The van der Waals surface area contributed by atoms with Gasteiger partial charge < -0.3 is 5.32 Å². The van der Waals surface area contributed by atoms with Crippen molar-refractivity contribution in [2.24, 2.45) is 23.7 Å². The lowest BCUT2D eigenvalue weighted by Gasteiger charge is -2.28. The van der Waals surface area contributed by atoms with E-state index in [9.17, 15) is 4.79 Å². The molecule has 0 aromatic heterocycles. The number of hydrogen-bond donors (Lipinski definition) is 1. The van der Waals surface area contributed by atoms with Crippen molar-refractivity contribution in [1.29, 1.82) is 0 Å². The Labute approximate surface area is 110 Å². The SMILES string of the molecule is CC(NC(=O)CC1C=CCC1)C1CC2CCC1C2. The summed E-state index contributed by atoms with van der Waals surface area (Å²) in [4.78, 5) is 12.0. The van der Waals surface area contributed by atoms with Gasteiger partial charge in [-0.15, -0.1) is 0 Å². The van der Waals surface area contributed by atoms with E-state index in [1.54, 1.807) is 0 Å². The molecule has 2 saturated carbocycles. The van der Waals surface area contributed by atoms with Crippen LogP contribution in [0.4, 0.5) is 0 Å². The number of carbonyl (C=O) groups excluding carboxylic acids is 1. The molecule has 3 aliphatic rings. The highest BCUT2D eigenvalue weighted by atomic mass is 16.1. The van der Waals surface area contributed by atoms with Crippen molar-refractivity contribution in [3.05, 3.63) is 12.2 Å². The van der Waals surface area contributed by atoms with E-state index in [2.05, 4.69) is 24.4 Å². The minimum absolute atomic E-state index is 0.266. The lowest BCUT2D eigenvalue weighted by atomic mass is 9.84. The standard InChI is InChI=1S/C16H25NO/c1-11(15-9-13-6-7-14(15)8-13)17-16(18)10-12-4-2-3-5-12/h2,4,11-15H,3,5-10H2,1H3,(H,17,18). The fraction of sp³-hybridized carbons (Fsp3) is 0.812. The molecular weight excluding hydrogens is 222 g/mol. The highest BCUT2D eigenvalue weighted by Gasteiger charge is 2.42. The summed E-state index contributed by atoms with van der Waals surface area (Å²) >= 11 is 0. The molecule has 1 N–H and O–H groups in total. The number of allylic oxidation sites excluding steroid dienone is 2. The molecule has 0 heterocycles. The van der Waals surface area contributed by atoms with Crippen molar-refractivity contribution >= 4 is 5.91 Å². The van der Waals surface area contributed by atoms with Crippen molar-refractivity contribution in [1.82, 2.24) is 5.32 Å². The third kappa shape index (κ3) is 2.48. The van der Waals surface area contributed by atoms with Crippen LogP contribution in [0.2, 0.25) is 0 Å². The van der Waals surface area contributed by atoms with Gasteiger partial charge in [0, 0.05) is 12.5 Å². The first-order chi connectivity index (χ1) is 8.72. The zero-order chi connectivity index (χ0) is 12.5. The van der Waals surface area contributed by atoms with Crippen molar-refractivity contribution in [3.63, 3.8) is 0 Å². The van der Waals surface area contributed by atoms with Crippen LogP contribution >= 0.6 is 0 Å². The minimum atomic E-state index is 0.266. The third-order valence-electron chi connectivity index (χ3n) is 5.38. The molecule has 3 rings (SSSR count). The van der Waals surface area contributed by atoms with Crippen LogP contribution in [-0.4, -0.2) is 11.9 Å². The summed E-state index contributed by atoms with van der Waals surface area (Å²) in [6.07, 6.45) is 13.1. The number of hydrogen-bond acceptors (Lipinski definition) is 1. The summed E-state index contributed by atoms with van der Waals surface area (Å²) in [5, 5.41) is 3.26. The van der Waals surface area contributed by atoms with E-state index in [0.717, 1.165) is 30.6 Å². The molecular formula is C16H25NO. The van der Waals surface area contributed by atoms with Gasteiger partial charge in [0.2, 0.25) is 5.91 Å². The fourth-order valence-corrected chi connectivity index (χ4v) is 4.43. The van der Waals surface area contributed by atoms with Crippen molar-refractivity contribution in [2.75, 3.05) is 0 Å². The van der Waals surface area contributed by atoms with Crippen molar-refractivity contribution in [3.8, 4) is 0 Å². The minimum Gasteiger partial charge on any atom is -0.353 e. The number of nitrogens with one attached hydrogen (secondary N) is 1. The summed E-state index contributed by atoms with van der Waals surface area (Å²) in [6, 6.07) is 0.387. The van der Waals surface area contributed by atoms with E-state index in [1.807, 2.05) is 0 Å². The monoisotopic (exact) mass is 247 g/mol. The molecule has 0 aromatic carbocycles. The van der Waals surface area contributed by atoms with Gasteiger partial charge in [0.1, 0.15) is 0 Å². The van der Waals surface area contributed by atoms with E-state index in [-0.39, 0.29) is 5.91 Å². The number of carbonyl (C=O) groups is 1. The Kier molecular flexibility index (Phi) is 3.45. The van der Waals surface area contributed by atoms with Crippen molar-refractivity contribution < 1.29 is 4.79 Å². The summed E-state index contributed by atoms with van der Waals surface area (Å²) in [5.41, 5.74) is 0. The van der Waals surface area contributed by atoms with Crippen LogP contribution in [0.5, 0.6) is 0 Å². The number of fused-ring (bicyclic) bond motifs is 2. The average molecular weight is 247 g/mol. The summed E-state index contributed by atoms with van der Waals surface area (Å²) in [5.74, 6) is 3.39. The van der Waals surface area contributed by atoms with Crippen LogP contribution in [0.1, 0.15) is 51.9 Å². The molecule has 0 saturated heterocycles. The summed E-state index contributed by atoms with van der Waals surface area (Å²) in [7, 11) is 0. The third-order valence-corrected chi connectivity index (χ3v) is 5.38. The molecule has 2 fully saturated rings. The van der Waals surface area contributed by atoms with Gasteiger partial charge in [0.25, 0.3) is 0 Å².